The van der Waals surface area contributed by atoms with Gasteiger partial charge in [-0.15, -0.1) is 0 Å². The molecule has 0 saturated carbocycles. The number of methoxy groups -OCH3 is 2. The number of aryl methyl sites for hydroxylation is 1. The Labute approximate surface area is 236 Å². The second-order valence-electron chi connectivity index (χ2n) is 9.00. The van der Waals surface area contributed by atoms with E-state index in [0.717, 1.165) is 16.9 Å². The lowest BCUT2D eigenvalue weighted by atomic mass is 9.95. The molecule has 11 heteroatoms. The molecule has 4 aromatic rings. The fourth-order valence-electron chi connectivity index (χ4n) is 4.57. The molecule has 0 spiro atoms. The Balaban J connectivity index is 1.63. The third kappa shape index (κ3) is 4.76. The Morgan fingerprint density at radius 1 is 1.12 bits per heavy atom. The standard InChI is InChI=1S/C29H23ClN2O7S/c1-14-5-6-17(12-22(14)37-3)25-24(28(36)38-4)15(2)31-29-32(25)26(33)23(40-29)13-18-8-10-21(39-18)16-7-9-20(30)19(11-16)27(34)35/h5-13,25H,1-4H3,(H,34,35)/b23-13+/t25-/m0/s1. The number of ether oxygens (including phenoxy) is 2. The van der Waals surface area contributed by atoms with E-state index >= 15 is 0 Å². The average Bonchev–Trinajstić information content (AvgIpc) is 3.52. The first kappa shape index (κ1) is 27.2. The topological polar surface area (TPSA) is 120 Å². The monoisotopic (exact) mass is 578 g/mol. The van der Waals surface area contributed by atoms with E-state index in [1.165, 1.54) is 23.8 Å². The van der Waals surface area contributed by atoms with Gasteiger partial charge in [-0.1, -0.05) is 35.1 Å². The lowest BCUT2D eigenvalue weighted by Crippen LogP contribution is -2.39. The molecule has 5 rings (SSSR count). The van der Waals surface area contributed by atoms with E-state index in [1.54, 1.807) is 44.4 Å². The minimum atomic E-state index is -1.15. The van der Waals surface area contributed by atoms with Crippen molar-refractivity contribution in [1.82, 2.24) is 4.57 Å². The first-order valence-electron chi connectivity index (χ1n) is 12.0. The Morgan fingerprint density at radius 2 is 1.90 bits per heavy atom. The molecule has 0 fully saturated rings. The number of fused-ring (bicyclic) bond motifs is 1. The van der Waals surface area contributed by atoms with E-state index < -0.39 is 18.0 Å². The SMILES string of the molecule is COC(=O)C1=C(C)N=c2s/c(=C/c3ccc(-c4ccc(Cl)c(C(=O)O)c4)o3)c(=O)n2[C@H]1c1ccc(C)c(OC)c1. The van der Waals surface area contributed by atoms with E-state index in [-0.39, 0.29) is 21.7 Å². The minimum absolute atomic E-state index is 0.0463. The maximum atomic E-state index is 13.8. The molecule has 0 saturated heterocycles. The number of rotatable bonds is 6. The van der Waals surface area contributed by atoms with Gasteiger partial charge in [-0.2, -0.15) is 0 Å². The summed E-state index contributed by atoms with van der Waals surface area (Å²) in [6, 6.07) is 12.6. The molecule has 1 aliphatic heterocycles. The number of carboxylic acids is 1. The fourth-order valence-corrected chi connectivity index (χ4v) is 5.80. The number of carboxylic acid groups (broad SMARTS) is 1. The second-order valence-corrected chi connectivity index (χ2v) is 10.4. The Hall–Kier alpha value is -4.41. The number of hydrogen-bond donors (Lipinski definition) is 1. The molecule has 204 valence electrons. The number of carbonyl (C=O) groups is 2. The highest BCUT2D eigenvalue weighted by Crippen LogP contribution is 2.33. The number of furan rings is 1. The lowest BCUT2D eigenvalue weighted by Gasteiger charge is -2.25. The number of nitrogens with zero attached hydrogens (tertiary/aromatic N) is 2. The summed E-state index contributed by atoms with van der Waals surface area (Å²) in [5.74, 6) is -0.326. The maximum absolute atomic E-state index is 13.8. The molecule has 40 heavy (non-hydrogen) atoms. The van der Waals surface area contributed by atoms with Crippen molar-refractivity contribution >= 4 is 41.0 Å². The third-order valence-electron chi connectivity index (χ3n) is 6.56. The summed E-state index contributed by atoms with van der Waals surface area (Å²) in [5.41, 5.74) is 2.39. The molecule has 0 radical (unpaired) electrons. The van der Waals surface area contributed by atoms with E-state index in [4.69, 9.17) is 25.5 Å². The number of allylic oxidation sites excluding steroid dienone is 1. The lowest BCUT2D eigenvalue weighted by molar-refractivity contribution is -0.136. The molecule has 9 nitrogen and oxygen atoms in total. The Morgan fingerprint density at radius 3 is 2.60 bits per heavy atom. The molecule has 2 aromatic carbocycles. The van der Waals surface area contributed by atoms with Gasteiger partial charge in [0.15, 0.2) is 4.80 Å². The first-order valence-corrected chi connectivity index (χ1v) is 13.2. The van der Waals surface area contributed by atoms with Crippen molar-refractivity contribution in [2.45, 2.75) is 19.9 Å². The highest BCUT2D eigenvalue weighted by molar-refractivity contribution is 7.07. The van der Waals surface area contributed by atoms with Gasteiger partial charge in [-0.3, -0.25) is 9.36 Å². The van der Waals surface area contributed by atoms with Crippen LogP contribution in [0.4, 0.5) is 0 Å². The molecule has 0 amide bonds. The molecule has 0 unspecified atom stereocenters. The Bertz CT molecular complexity index is 1900. The van der Waals surface area contributed by atoms with Crippen LogP contribution in [0.1, 0.15) is 40.2 Å². The summed E-state index contributed by atoms with van der Waals surface area (Å²) in [5, 5.41) is 9.49. The number of hydrogen-bond acceptors (Lipinski definition) is 8. The predicted molar refractivity (Wildman–Crippen MR) is 150 cm³/mol. The highest BCUT2D eigenvalue weighted by atomic mass is 35.5. The highest BCUT2D eigenvalue weighted by Gasteiger charge is 2.33. The van der Waals surface area contributed by atoms with Crippen molar-refractivity contribution in [3.63, 3.8) is 0 Å². The zero-order chi connectivity index (χ0) is 28.7. The molecular formula is C29H23ClN2O7S. The number of aromatic nitrogens is 1. The van der Waals surface area contributed by atoms with Crippen molar-refractivity contribution in [3.8, 4) is 17.1 Å². The van der Waals surface area contributed by atoms with Crippen molar-refractivity contribution in [2.75, 3.05) is 14.2 Å². The van der Waals surface area contributed by atoms with Crippen LogP contribution in [-0.4, -0.2) is 35.8 Å². The molecule has 1 aliphatic rings. The number of carbonyl (C=O) groups excluding carboxylic acids is 1. The van der Waals surface area contributed by atoms with Gasteiger partial charge in [0.2, 0.25) is 0 Å². The smallest absolute Gasteiger partial charge is 0.338 e. The van der Waals surface area contributed by atoms with Crippen LogP contribution in [0.5, 0.6) is 5.75 Å². The quantitative estimate of drug-likeness (QED) is 0.338. The van der Waals surface area contributed by atoms with Crippen LogP contribution in [0, 0.1) is 6.92 Å². The van der Waals surface area contributed by atoms with Crippen LogP contribution < -0.4 is 19.6 Å². The van der Waals surface area contributed by atoms with Crippen LogP contribution in [0.3, 0.4) is 0 Å². The van der Waals surface area contributed by atoms with Crippen molar-refractivity contribution in [2.24, 2.45) is 4.99 Å². The van der Waals surface area contributed by atoms with Crippen molar-refractivity contribution < 1.29 is 28.6 Å². The van der Waals surface area contributed by atoms with Gasteiger partial charge in [-0.25, -0.2) is 14.6 Å². The van der Waals surface area contributed by atoms with Gasteiger partial charge in [0.1, 0.15) is 17.3 Å². The average molecular weight is 579 g/mol. The maximum Gasteiger partial charge on any atom is 0.338 e. The van der Waals surface area contributed by atoms with Crippen molar-refractivity contribution in [1.29, 1.82) is 0 Å². The van der Waals surface area contributed by atoms with Gasteiger partial charge < -0.3 is 19.0 Å². The number of aromatic carboxylic acids is 1. The number of benzene rings is 2. The van der Waals surface area contributed by atoms with Crippen LogP contribution >= 0.6 is 22.9 Å². The summed E-state index contributed by atoms with van der Waals surface area (Å²) in [6.07, 6.45) is 1.59. The summed E-state index contributed by atoms with van der Waals surface area (Å²) in [4.78, 5) is 43.1. The van der Waals surface area contributed by atoms with E-state index in [2.05, 4.69) is 4.99 Å². The molecule has 2 aromatic heterocycles. The molecule has 1 N–H and O–H groups in total. The summed E-state index contributed by atoms with van der Waals surface area (Å²) >= 11 is 7.15. The summed E-state index contributed by atoms with van der Waals surface area (Å²) in [7, 11) is 2.85. The van der Waals surface area contributed by atoms with Crippen molar-refractivity contribution in [3.05, 3.63) is 107 Å². The molecule has 3 heterocycles. The molecule has 0 aliphatic carbocycles. The zero-order valence-electron chi connectivity index (χ0n) is 21.9. The fraction of sp³-hybridized carbons (Fsp3) is 0.172. The van der Waals surface area contributed by atoms with Gasteiger partial charge in [-0.05, 0) is 61.4 Å². The molecule has 0 bridgehead atoms. The van der Waals surface area contributed by atoms with E-state index in [0.29, 0.717) is 43.4 Å². The predicted octanol–water partition coefficient (Wildman–Crippen LogP) is 4.34. The molecule has 1 atom stereocenters. The normalized spacial score (nSPS) is 15.0. The largest absolute Gasteiger partial charge is 0.496 e. The first-order chi connectivity index (χ1) is 19.1. The van der Waals surface area contributed by atoms with Gasteiger partial charge in [0, 0.05) is 11.6 Å². The Kier molecular flexibility index (Phi) is 7.22. The number of thiazole rings is 1. The van der Waals surface area contributed by atoms with E-state index in [1.807, 2.05) is 19.1 Å². The van der Waals surface area contributed by atoms with E-state index in [9.17, 15) is 19.5 Å². The number of esters is 1. The minimum Gasteiger partial charge on any atom is -0.496 e. The molecular weight excluding hydrogens is 556 g/mol. The van der Waals surface area contributed by atoms with Gasteiger partial charge >= 0.3 is 11.9 Å². The van der Waals surface area contributed by atoms with Crippen LogP contribution in [0.25, 0.3) is 17.4 Å². The number of halogens is 1. The van der Waals surface area contributed by atoms with Gasteiger partial charge in [0.05, 0.1) is 46.7 Å². The third-order valence-corrected chi connectivity index (χ3v) is 7.87. The second kappa shape index (κ2) is 10.6. The van der Waals surface area contributed by atoms with Crippen LogP contribution in [0.2, 0.25) is 5.02 Å². The van der Waals surface area contributed by atoms with Gasteiger partial charge in [0.25, 0.3) is 5.56 Å². The summed E-state index contributed by atoms with van der Waals surface area (Å²) in [6.45, 7) is 3.61. The summed E-state index contributed by atoms with van der Waals surface area (Å²) < 4.78 is 18.3. The zero-order valence-corrected chi connectivity index (χ0v) is 23.4. The van der Waals surface area contributed by atoms with Crippen LogP contribution in [-0.2, 0) is 9.53 Å². The van der Waals surface area contributed by atoms with Crippen LogP contribution in [0.15, 0.2) is 74.0 Å².